The molecule has 1 nitrogen and oxygen atoms in total. The molecule has 0 bridgehead atoms. The average molecular weight is 194 g/mol. The minimum absolute atomic E-state index is 0.391. The van der Waals surface area contributed by atoms with E-state index in [1.807, 2.05) is 13.0 Å². The van der Waals surface area contributed by atoms with E-state index in [0.717, 1.165) is 18.4 Å². The number of hydrogen-bond acceptors (Lipinski definition) is 1. The molecule has 1 aliphatic rings. The fourth-order valence-corrected chi connectivity index (χ4v) is 2.35. The van der Waals surface area contributed by atoms with Crippen molar-refractivity contribution in [3.05, 3.63) is 11.6 Å². The first kappa shape index (κ1) is 11.5. The second kappa shape index (κ2) is 6.00. The summed E-state index contributed by atoms with van der Waals surface area (Å²) >= 11 is 0. The van der Waals surface area contributed by atoms with Gasteiger partial charge in [0.1, 0.15) is 0 Å². The Balaban J connectivity index is 2.38. The topological polar surface area (TPSA) is 17.1 Å². The Morgan fingerprint density at radius 2 is 1.93 bits per heavy atom. The van der Waals surface area contributed by atoms with Crippen molar-refractivity contribution in [3.8, 4) is 0 Å². The summed E-state index contributed by atoms with van der Waals surface area (Å²) in [5.74, 6) is 1.07. The predicted molar refractivity (Wildman–Crippen MR) is 60.2 cm³/mol. The predicted octanol–water partition coefficient (Wildman–Crippen LogP) is 3.88. The minimum atomic E-state index is 0.391. The van der Waals surface area contributed by atoms with Crippen LogP contribution in [0.3, 0.4) is 0 Å². The Bertz CT molecular complexity index is 209. The minimum Gasteiger partial charge on any atom is -0.295 e. The highest BCUT2D eigenvalue weighted by Gasteiger charge is 2.18. The van der Waals surface area contributed by atoms with Crippen LogP contribution in [0.4, 0.5) is 0 Å². The zero-order valence-electron chi connectivity index (χ0n) is 9.51. The van der Waals surface area contributed by atoms with Crippen molar-refractivity contribution in [1.82, 2.24) is 0 Å². The summed E-state index contributed by atoms with van der Waals surface area (Å²) in [4.78, 5) is 11.8. The van der Waals surface area contributed by atoms with E-state index in [2.05, 4.69) is 6.92 Å². The lowest BCUT2D eigenvalue weighted by molar-refractivity contribution is -0.116. The van der Waals surface area contributed by atoms with Gasteiger partial charge in [-0.3, -0.25) is 4.79 Å². The first-order valence-electron chi connectivity index (χ1n) is 5.96. The fourth-order valence-electron chi connectivity index (χ4n) is 2.35. The quantitative estimate of drug-likeness (QED) is 0.621. The summed E-state index contributed by atoms with van der Waals surface area (Å²) in [6.07, 6.45) is 10.2. The lowest BCUT2D eigenvalue weighted by atomic mass is 9.84. The first-order chi connectivity index (χ1) is 6.77. The van der Waals surface area contributed by atoms with Gasteiger partial charge in [0, 0.05) is 6.42 Å². The highest BCUT2D eigenvalue weighted by Crippen LogP contribution is 2.27. The third kappa shape index (κ3) is 3.28. The van der Waals surface area contributed by atoms with E-state index in [4.69, 9.17) is 0 Å². The van der Waals surface area contributed by atoms with Gasteiger partial charge in [-0.1, -0.05) is 45.1 Å². The van der Waals surface area contributed by atoms with Gasteiger partial charge in [-0.2, -0.15) is 0 Å². The molecule has 0 aromatic carbocycles. The molecule has 1 fully saturated rings. The number of carbonyl (C=O) groups is 1. The largest absolute Gasteiger partial charge is 0.295 e. The molecule has 0 N–H and O–H groups in total. The molecule has 1 rings (SSSR count). The SMILES string of the molecule is CC=C(CC)C(=O)CC1CCCCC1. The van der Waals surface area contributed by atoms with Gasteiger partial charge in [-0.15, -0.1) is 0 Å². The molecular formula is C13H22O. The van der Waals surface area contributed by atoms with Gasteiger partial charge >= 0.3 is 0 Å². The van der Waals surface area contributed by atoms with Crippen molar-refractivity contribution >= 4 is 5.78 Å². The van der Waals surface area contributed by atoms with Crippen molar-refractivity contribution in [2.45, 2.75) is 58.8 Å². The van der Waals surface area contributed by atoms with E-state index < -0.39 is 0 Å². The van der Waals surface area contributed by atoms with Crippen LogP contribution in [0, 0.1) is 5.92 Å². The van der Waals surface area contributed by atoms with E-state index >= 15 is 0 Å². The van der Waals surface area contributed by atoms with Crippen LogP contribution in [0.2, 0.25) is 0 Å². The number of carbonyl (C=O) groups excluding carboxylic acids is 1. The van der Waals surface area contributed by atoms with E-state index in [1.165, 1.54) is 32.1 Å². The molecule has 14 heavy (non-hydrogen) atoms. The zero-order chi connectivity index (χ0) is 10.4. The Labute approximate surface area is 87.6 Å². The van der Waals surface area contributed by atoms with Crippen molar-refractivity contribution < 1.29 is 4.79 Å². The molecule has 1 aliphatic carbocycles. The molecule has 0 amide bonds. The second-order valence-electron chi connectivity index (χ2n) is 4.30. The maximum Gasteiger partial charge on any atom is 0.158 e. The van der Waals surface area contributed by atoms with Gasteiger partial charge < -0.3 is 0 Å². The number of allylic oxidation sites excluding steroid dienone is 2. The van der Waals surface area contributed by atoms with Gasteiger partial charge in [-0.05, 0) is 24.8 Å². The van der Waals surface area contributed by atoms with Crippen molar-refractivity contribution in [1.29, 1.82) is 0 Å². The molecular weight excluding hydrogens is 172 g/mol. The molecule has 0 saturated heterocycles. The summed E-state index contributed by atoms with van der Waals surface area (Å²) < 4.78 is 0. The van der Waals surface area contributed by atoms with E-state index in [0.29, 0.717) is 11.7 Å². The Morgan fingerprint density at radius 3 is 2.43 bits per heavy atom. The number of Topliss-reactive ketones (excluding diaryl/α,β-unsaturated/α-hetero) is 1. The summed E-state index contributed by atoms with van der Waals surface area (Å²) in [6.45, 7) is 4.03. The van der Waals surface area contributed by atoms with Crippen LogP contribution in [0.25, 0.3) is 0 Å². The maximum atomic E-state index is 11.8. The van der Waals surface area contributed by atoms with E-state index in [9.17, 15) is 4.79 Å². The second-order valence-corrected chi connectivity index (χ2v) is 4.30. The molecule has 0 atom stereocenters. The first-order valence-corrected chi connectivity index (χ1v) is 5.96. The normalized spacial score (nSPS) is 19.7. The van der Waals surface area contributed by atoms with Crippen molar-refractivity contribution in [3.63, 3.8) is 0 Å². The summed E-state index contributed by atoms with van der Waals surface area (Å²) in [5.41, 5.74) is 1.02. The average Bonchev–Trinajstić information content (AvgIpc) is 2.21. The molecule has 0 aliphatic heterocycles. The number of hydrogen-bond donors (Lipinski definition) is 0. The summed E-state index contributed by atoms with van der Waals surface area (Å²) in [5, 5.41) is 0. The smallest absolute Gasteiger partial charge is 0.158 e. The molecule has 0 heterocycles. The zero-order valence-corrected chi connectivity index (χ0v) is 9.51. The number of rotatable bonds is 4. The van der Waals surface area contributed by atoms with Crippen LogP contribution in [0.1, 0.15) is 58.8 Å². The lowest BCUT2D eigenvalue weighted by Crippen LogP contribution is -2.13. The maximum absolute atomic E-state index is 11.8. The molecule has 1 heteroatoms. The molecule has 0 aromatic heterocycles. The Kier molecular flexibility index (Phi) is 4.92. The molecule has 0 unspecified atom stereocenters. The molecule has 80 valence electrons. The summed E-state index contributed by atoms with van der Waals surface area (Å²) in [6, 6.07) is 0. The van der Waals surface area contributed by atoms with Gasteiger partial charge in [0.25, 0.3) is 0 Å². The fraction of sp³-hybridized carbons (Fsp3) is 0.769. The van der Waals surface area contributed by atoms with Crippen LogP contribution in [-0.2, 0) is 4.79 Å². The monoisotopic (exact) mass is 194 g/mol. The molecule has 0 spiro atoms. The summed E-state index contributed by atoms with van der Waals surface area (Å²) in [7, 11) is 0. The van der Waals surface area contributed by atoms with E-state index in [1.54, 1.807) is 0 Å². The van der Waals surface area contributed by atoms with Gasteiger partial charge in [0.15, 0.2) is 5.78 Å². The van der Waals surface area contributed by atoms with Crippen LogP contribution in [0.15, 0.2) is 11.6 Å². The van der Waals surface area contributed by atoms with Gasteiger partial charge in [0.05, 0.1) is 0 Å². The molecule has 1 saturated carbocycles. The Hall–Kier alpha value is -0.590. The highest BCUT2D eigenvalue weighted by atomic mass is 16.1. The van der Waals surface area contributed by atoms with E-state index in [-0.39, 0.29) is 0 Å². The standard InChI is InChI=1S/C13H22O/c1-3-12(4-2)13(14)10-11-8-6-5-7-9-11/h3,11H,4-10H2,1-2H3. The van der Waals surface area contributed by atoms with Gasteiger partial charge in [-0.25, -0.2) is 0 Å². The third-order valence-corrected chi connectivity index (χ3v) is 3.29. The van der Waals surface area contributed by atoms with Crippen LogP contribution >= 0.6 is 0 Å². The Morgan fingerprint density at radius 1 is 1.29 bits per heavy atom. The van der Waals surface area contributed by atoms with Crippen LogP contribution < -0.4 is 0 Å². The third-order valence-electron chi connectivity index (χ3n) is 3.29. The van der Waals surface area contributed by atoms with Crippen molar-refractivity contribution in [2.24, 2.45) is 5.92 Å². The van der Waals surface area contributed by atoms with Crippen LogP contribution in [-0.4, -0.2) is 5.78 Å². The molecule has 0 radical (unpaired) electrons. The van der Waals surface area contributed by atoms with Crippen molar-refractivity contribution in [2.75, 3.05) is 0 Å². The van der Waals surface area contributed by atoms with Crippen LogP contribution in [0.5, 0.6) is 0 Å². The lowest BCUT2D eigenvalue weighted by Gasteiger charge is -2.20. The molecule has 0 aromatic rings. The number of ketones is 1. The van der Waals surface area contributed by atoms with Gasteiger partial charge in [0.2, 0.25) is 0 Å². The highest BCUT2D eigenvalue weighted by molar-refractivity contribution is 5.95.